The van der Waals surface area contributed by atoms with Crippen LogP contribution in [0.3, 0.4) is 0 Å². The maximum absolute atomic E-state index is 9.51. The molecule has 0 aliphatic rings. The lowest BCUT2D eigenvalue weighted by molar-refractivity contribution is 0.474. The van der Waals surface area contributed by atoms with Crippen LogP contribution in [-0.2, 0) is 0 Å². The van der Waals surface area contributed by atoms with E-state index in [0.29, 0.717) is 17.0 Å². The molecule has 0 aliphatic heterocycles. The van der Waals surface area contributed by atoms with E-state index in [1.54, 1.807) is 30.3 Å². The number of rotatable bonds is 3. The lowest BCUT2D eigenvalue weighted by Gasteiger charge is -1.98. The Morgan fingerprint density at radius 3 is 2.00 bits per heavy atom. The monoisotopic (exact) mass is 329 g/mol. The van der Waals surface area contributed by atoms with Crippen LogP contribution in [0.15, 0.2) is 71.1 Å². The zero-order valence-electron chi connectivity index (χ0n) is 13.3. The predicted octanol–water partition coefficient (Wildman–Crippen LogP) is 5.08. The van der Waals surface area contributed by atoms with Gasteiger partial charge in [0.05, 0.1) is 0 Å². The minimum Gasteiger partial charge on any atom is -0.508 e. The Morgan fingerprint density at radius 2 is 1.32 bits per heavy atom. The van der Waals surface area contributed by atoms with Crippen molar-refractivity contribution in [2.24, 2.45) is 0 Å². The number of phenolic OH excluding ortho intramolecular Hbond substituents is 2. The van der Waals surface area contributed by atoms with Crippen LogP contribution >= 0.6 is 0 Å². The van der Waals surface area contributed by atoms with Crippen molar-refractivity contribution in [3.8, 4) is 23.0 Å². The van der Waals surface area contributed by atoms with E-state index in [1.165, 1.54) is 0 Å². The number of fused-ring (bicyclic) bond motifs is 1. The normalized spacial score (nSPS) is 11.4. The largest absolute Gasteiger partial charge is 0.508 e. The Bertz CT molecular complexity index is 1040. The van der Waals surface area contributed by atoms with E-state index in [-0.39, 0.29) is 11.5 Å². The van der Waals surface area contributed by atoms with Gasteiger partial charge in [0.2, 0.25) is 5.89 Å². The highest BCUT2D eigenvalue weighted by Gasteiger charge is 2.08. The summed E-state index contributed by atoms with van der Waals surface area (Å²) < 4.78 is 5.70. The number of aromatic hydroxyl groups is 2. The molecule has 4 aromatic rings. The van der Waals surface area contributed by atoms with E-state index in [9.17, 15) is 10.2 Å². The van der Waals surface area contributed by atoms with Gasteiger partial charge in [-0.15, -0.1) is 0 Å². The van der Waals surface area contributed by atoms with Gasteiger partial charge in [-0.3, -0.25) is 0 Å². The standard InChI is InChI=1S/C21H15NO3/c23-17-9-5-15(6-10-17)2-1-14-3-7-16(8-4-14)21-22-19-12-11-18(24)13-20(19)25-21/h1-13,23-24H/b2-1+. The maximum atomic E-state index is 9.51. The van der Waals surface area contributed by atoms with Gasteiger partial charge in [0.25, 0.3) is 0 Å². The van der Waals surface area contributed by atoms with Crippen molar-refractivity contribution < 1.29 is 14.6 Å². The van der Waals surface area contributed by atoms with Gasteiger partial charge in [0.15, 0.2) is 5.58 Å². The summed E-state index contributed by atoms with van der Waals surface area (Å²) >= 11 is 0. The molecule has 2 N–H and O–H groups in total. The molecule has 0 radical (unpaired) electrons. The Labute approximate surface area is 144 Å². The molecule has 1 aromatic heterocycles. The molecule has 1 heterocycles. The topological polar surface area (TPSA) is 66.5 Å². The third-order valence-corrected chi connectivity index (χ3v) is 3.89. The van der Waals surface area contributed by atoms with Crippen molar-refractivity contribution in [3.63, 3.8) is 0 Å². The van der Waals surface area contributed by atoms with Crippen molar-refractivity contribution in [2.75, 3.05) is 0 Å². The Balaban J connectivity index is 1.57. The molecule has 0 aliphatic carbocycles. The van der Waals surface area contributed by atoms with Crippen molar-refractivity contribution >= 4 is 23.3 Å². The second-order valence-corrected chi connectivity index (χ2v) is 5.72. The molecule has 0 unspecified atom stereocenters. The van der Waals surface area contributed by atoms with Gasteiger partial charge in [-0.25, -0.2) is 4.98 Å². The van der Waals surface area contributed by atoms with Crippen LogP contribution in [0, 0.1) is 0 Å². The molecule has 0 saturated carbocycles. The number of hydrogen-bond donors (Lipinski definition) is 2. The van der Waals surface area contributed by atoms with E-state index in [1.807, 2.05) is 48.6 Å². The van der Waals surface area contributed by atoms with Crippen LogP contribution in [0.2, 0.25) is 0 Å². The summed E-state index contributed by atoms with van der Waals surface area (Å²) in [6, 6.07) is 19.8. The maximum Gasteiger partial charge on any atom is 0.227 e. The number of benzene rings is 3. The number of aromatic nitrogens is 1. The molecular weight excluding hydrogens is 314 g/mol. The number of phenols is 2. The van der Waals surface area contributed by atoms with Crippen molar-refractivity contribution in [3.05, 3.63) is 77.9 Å². The van der Waals surface area contributed by atoms with E-state index >= 15 is 0 Å². The van der Waals surface area contributed by atoms with Crippen molar-refractivity contribution in [1.29, 1.82) is 0 Å². The third-order valence-electron chi connectivity index (χ3n) is 3.89. The molecule has 4 rings (SSSR count). The molecule has 4 heteroatoms. The summed E-state index contributed by atoms with van der Waals surface area (Å²) in [5, 5.41) is 18.8. The number of nitrogens with zero attached hydrogens (tertiary/aromatic N) is 1. The summed E-state index contributed by atoms with van der Waals surface area (Å²) in [6.45, 7) is 0. The highest BCUT2D eigenvalue weighted by atomic mass is 16.3. The lowest BCUT2D eigenvalue weighted by Crippen LogP contribution is -1.78. The van der Waals surface area contributed by atoms with Crippen LogP contribution in [0.25, 0.3) is 34.7 Å². The Hall–Kier alpha value is -3.53. The summed E-state index contributed by atoms with van der Waals surface area (Å²) in [6.07, 6.45) is 3.98. The quantitative estimate of drug-likeness (QED) is 0.515. The fourth-order valence-electron chi connectivity index (χ4n) is 2.55. The van der Waals surface area contributed by atoms with Gasteiger partial charge in [0, 0.05) is 11.6 Å². The molecule has 4 nitrogen and oxygen atoms in total. The SMILES string of the molecule is Oc1ccc(/C=C/c2ccc(-c3nc4ccc(O)cc4o3)cc2)cc1. The minimum absolute atomic E-state index is 0.157. The Morgan fingerprint density at radius 1 is 0.720 bits per heavy atom. The van der Waals surface area contributed by atoms with Gasteiger partial charge in [-0.2, -0.15) is 0 Å². The molecule has 0 spiro atoms. The van der Waals surface area contributed by atoms with Crippen LogP contribution in [0.1, 0.15) is 11.1 Å². The summed E-state index contributed by atoms with van der Waals surface area (Å²) in [5.74, 6) is 0.938. The molecule has 0 saturated heterocycles. The van der Waals surface area contributed by atoms with E-state index < -0.39 is 0 Å². The van der Waals surface area contributed by atoms with E-state index in [2.05, 4.69) is 4.98 Å². The van der Waals surface area contributed by atoms with Crippen molar-refractivity contribution in [1.82, 2.24) is 4.98 Å². The Kier molecular flexibility index (Phi) is 3.71. The molecule has 0 amide bonds. The van der Waals surface area contributed by atoms with Gasteiger partial charge >= 0.3 is 0 Å². The smallest absolute Gasteiger partial charge is 0.227 e. The highest BCUT2D eigenvalue weighted by Crippen LogP contribution is 2.27. The number of oxazole rings is 1. The van der Waals surface area contributed by atoms with Crippen LogP contribution in [0.5, 0.6) is 11.5 Å². The summed E-state index contributed by atoms with van der Waals surface area (Å²) in [4.78, 5) is 4.44. The van der Waals surface area contributed by atoms with E-state index in [4.69, 9.17) is 4.42 Å². The average Bonchev–Trinajstić information content (AvgIpc) is 3.05. The molecule has 0 bridgehead atoms. The fraction of sp³-hybridized carbons (Fsp3) is 0. The lowest BCUT2D eigenvalue weighted by atomic mass is 10.1. The molecular formula is C21H15NO3. The third kappa shape index (κ3) is 3.23. The summed E-state index contributed by atoms with van der Waals surface area (Å²) in [7, 11) is 0. The molecule has 0 atom stereocenters. The summed E-state index contributed by atoms with van der Waals surface area (Å²) in [5.41, 5.74) is 4.21. The highest BCUT2D eigenvalue weighted by molar-refractivity contribution is 5.78. The van der Waals surface area contributed by atoms with E-state index in [0.717, 1.165) is 16.7 Å². The second-order valence-electron chi connectivity index (χ2n) is 5.72. The number of hydrogen-bond acceptors (Lipinski definition) is 4. The van der Waals surface area contributed by atoms with Crippen molar-refractivity contribution in [2.45, 2.75) is 0 Å². The first-order chi connectivity index (χ1) is 12.2. The van der Waals surface area contributed by atoms with Gasteiger partial charge < -0.3 is 14.6 Å². The molecule has 122 valence electrons. The van der Waals surface area contributed by atoms with Gasteiger partial charge in [-0.05, 0) is 47.5 Å². The zero-order valence-corrected chi connectivity index (χ0v) is 13.3. The first kappa shape index (κ1) is 15.0. The zero-order chi connectivity index (χ0) is 17.2. The van der Waals surface area contributed by atoms with Crippen LogP contribution in [0.4, 0.5) is 0 Å². The first-order valence-electron chi connectivity index (χ1n) is 7.84. The van der Waals surface area contributed by atoms with Crippen LogP contribution in [-0.4, -0.2) is 15.2 Å². The molecule has 3 aromatic carbocycles. The molecule has 0 fully saturated rings. The first-order valence-corrected chi connectivity index (χ1v) is 7.84. The second kappa shape index (κ2) is 6.17. The predicted molar refractivity (Wildman–Crippen MR) is 98.1 cm³/mol. The molecule has 25 heavy (non-hydrogen) atoms. The average molecular weight is 329 g/mol. The van der Waals surface area contributed by atoms with Crippen LogP contribution < -0.4 is 0 Å². The minimum atomic E-state index is 0.157. The van der Waals surface area contributed by atoms with Gasteiger partial charge in [0.1, 0.15) is 17.0 Å². The fourth-order valence-corrected chi connectivity index (χ4v) is 2.55. The van der Waals surface area contributed by atoms with Gasteiger partial charge in [-0.1, -0.05) is 36.4 Å².